The van der Waals surface area contributed by atoms with E-state index in [9.17, 15) is 14.7 Å². The van der Waals surface area contributed by atoms with Gasteiger partial charge in [0, 0.05) is 43.3 Å². The second-order valence-electron chi connectivity index (χ2n) is 8.18. The molecule has 1 aromatic carbocycles. The number of halogens is 3. The van der Waals surface area contributed by atoms with Crippen LogP contribution in [0.15, 0.2) is 57.5 Å². The quantitative estimate of drug-likeness (QED) is 0.282. The molecule has 188 valence electrons. The topological polar surface area (TPSA) is 132 Å². The molecule has 0 unspecified atom stereocenters. The number of imidazole rings is 1. The molecule has 0 saturated carbocycles. The number of rotatable bonds is 5. The number of aromatic nitrogens is 7. The first-order valence-corrected chi connectivity index (χ1v) is 12.8. The van der Waals surface area contributed by atoms with Gasteiger partial charge in [0.25, 0.3) is 5.56 Å². The molecule has 1 atom stereocenters. The summed E-state index contributed by atoms with van der Waals surface area (Å²) in [6.45, 7) is 0. The van der Waals surface area contributed by atoms with Crippen molar-refractivity contribution in [3.63, 3.8) is 0 Å². The van der Waals surface area contributed by atoms with Gasteiger partial charge in [0.2, 0.25) is 0 Å². The van der Waals surface area contributed by atoms with E-state index in [2.05, 4.69) is 41.4 Å². The van der Waals surface area contributed by atoms with Crippen LogP contribution in [0.2, 0.25) is 5.02 Å². The summed E-state index contributed by atoms with van der Waals surface area (Å²) in [6.07, 6.45) is 4.49. The molecule has 0 bridgehead atoms. The van der Waals surface area contributed by atoms with E-state index >= 15 is 0 Å². The Hall–Kier alpha value is -3.32. The number of carboxylic acids is 1. The highest BCUT2D eigenvalue weighted by atomic mass is 79.9. The van der Waals surface area contributed by atoms with E-state index in [4.69, 9.17) is 11.6 Å². The fourth-order valence-electron chi connectivity index (χ4n) is 4.52. The van der Waals surface area contributed by atoms with Gasteiger partial charge in [-0.05, 0) is 63.5 Å². The molecule has 0 fully saturated rings. The fraction of sp³-hybridized carbons (Fsp3) is 0.130. The second kappa shape index (κ2) is 9.86. The normalized spacial score (nSPS) is 14.4. The van der Waals surface area contributed by atoms with E-state index in [-0.39, 0.29) is 28.9 Å². The zero-order chi connectivity index (χ0) is 25.0. The number of nitrogens with zero attached hydrogens (tertiary/aromatic N) is 6. The highest BCUT2D eigenvalue weighted by Crippen LogP contribution is 2.40. The Morgan fingerprint density at radius 1 is 1.24 bits per heavy atom. The third-order valence-electron chi connectivity index (χ3n) is 6.13. The molecule has 0 aliphatic carbocycles. The summed E-state index contributed by atoms with van der Waals surface area (Å²) in [5, 5.41) is 22.9. The smallest absolute Gasteiger partial charge is 0.345 e. The maximum Gasteiger partial charge on any atom is 0.345 e. The fourth-order valence-corrected chi connectivity index (χ4v) is 6.15. The summed E-state index contributed by atoms with van der Waals surface area (Å²) in [7, 11) is 0. The van der Waals surface area contributed by atoms with E-state index in [1.54, 1.807) is 46.5 Å². The number of hydrogen-bond donors (Lipinski definition) is 2. The average molecular weight is 621 g/mol. The molecule has 5 heterocycles. The van der Waals surface area contributed by atoms with Gasteiger partial charge in [-0.25, -0.2) is 9.78 Å². The molecule has 37 heavy (non-hydrogen) atoms. The van der Waals surface area contributed by atoms with Crippen LogP contribution in [0.4, 0.5) is 0 Å². The molecule has 2 N–H and O–H groups in total. The molecular formula is C23H16BrCl2N7O3S. The van der Waals surface area contributed by atoms with Crippen molar-refractivity contribution in [2.24, 2.45) is 0 Å². The zero-order valence-corrected chi connectivity index (χ0v) is 22.6. The molecule has 0 radical (unpaired) electrons. The highest BCUT2D eigenvalue weighted by molar-refractivity contribution is 9.10. The standard InChI is InChI=1S/C23H15BrClN7O3S.ClH/c24-21-14(13-6-12(25)1-2-16(13)31-10-27-29-30-31)7-20(33)32-17(21)3-4-18(32)22-26-8-15(28-22)11-5-19(23(34)35)36-9-11;/h1-2,5-10,18H,3-4H2,(H,26,28)(H,34,35);1H/t18-;/m0./s1. The summed E-state index contributed by atoms with van der Waals surface area (Å²) < 4.78 is 4.06. The molecule has 5 aromatic rings. The van der Waals surface area contributed by atoms with Gasteiger partial charge >= 0.3 is 5.97 Å². The van der Waals surface area contributed by atoms with E-state index in [0.717, 1.165) is 32.6 Å². The molecule has 1 aliphatic rings. The van der Waals surface area contributed by atoms with Gasteiger partial charge in [0.15, 0.2) is 0 Å². The summed E-state index contributed by atoms with van der Waals surface area (Å²) in [4.78, 5) is 32.7. The molecule has 0 spiro atoms. The van der Waals surface area contributed by atoms with Gasteiger partial charge in [-0.15, -0.1) is 28.8 Å². The molecule has 10 nitrogen and oxygen atoms in total. The lowest BCUT2D eigenvalue weighted by Gasteiger charge is -2.17. The average Bonchev–Trinajstić information content (AvgIpc) is 3.67. The van der Waals surface area contributed by atoms with E-state index in [1.807, 2.05) is 0 Å². The lowest BCUT2D eigenvalue weighted by molar-refractivity contribution is 0.0702. The molecule has 0 amide bonds. The monoisotopic (exact) mass is 619 g/mol. The minimum Gasteiger partial charge on any atom is -0.477 e. The molecule has 6 rings (SSSR count). The van der Waals surface area contributed by atoms with Gasteiger partial charge in [0.05, 0.1) is 23.6 Å². The minimum atomic E-state index is -0.967. The van der Waals surface area contributed by atoms with Crippen molar-refractivity contribution in [3.8, 4) is 28.1 Å². The Balaban J connectivity index is 0.00000280. The van der Waals surface area contributed by atoms with Gasteiger partial charge in [-0.2, -0.15) is 4.68 Å². The zero-order valence-electron chi connectivity index (χ0n) is 18.6. The first kappa shape index (κ1) is 25.3. The van der Waals surface area contributed by atoms with Crippen molar-refractivity contribution in [1.82, 2.24) is 34.7 Å². The summed E-state index contributed by atoms with van der Waals surface area (Å²) in [6, 6.07) is 8.24. The maximum absolute atomic E-state index is 13.4. The number of thiophene rings is 1. The van der Waals surface area contributed by atoms with Crippen molar-refractivity contribution in [1.29, 1.82) is 0 Å². The Morgan fingerprint density at radius 2 is 2.08 bits per heavy atom. The summed E-state index contributed by atoms with van der Waals surface area (Å²) in [5.41, 5.74) is 4.24. The number of aromatic carboxylic acids is 1. The van der Waals surface area contributed by atoms with Crippen molar-refractivity contribution >= 4 is 57.2 Å². The lowest BCUT2D eigenvalue weighted by Crippen LogP contribution is -2.24. The van der Waals surface area contributed by atoms with Gasteiger partial charge in [-0.3, -0.25) is 4.79 Å². The largest absolute Gasteiger partial charge is 0.477 e. The number of H-pyrrole nitrogens is 1. The number of carboxylic acid groups (broad SMARTS) is 1. The number of aromatic amines is 1. The van der Waals surface area contributed by atoms with Crippen LogP contribution in [0.3, 0.4) is 0 Å². The van der Waals surface area contributed by atoms with Crippen LogP contribution < -0.4 is 5.56 Å². The first-order valence-electron chi connectivity index (χ1n) is 10.7. The van der Waals surface area contributed by atoms with Crippen molar-refractivity contribution in [2.45, 2.75) is 18.9 Å². The molecular weight excluding hydrogens is 605 g/mol. The minimum absolute atomic E-state index is 0. The van der Waals surface area contributed by atoms with Crippen LogP contribution in [-0.4, -0.2) is 45.8 Å². The molecule has 0 saturated heterocycles. The number of pyridine rings is 1. The van der Waals surface area contributed by atoms with Crippen LogP contribution in [0.25, 0.3) is 28.1 Å². The van der Waals surface area contributed by atoms with Crippen LogP contribution in [0.1, 0.15) is 33.7 Å². The predicted molar refractivity (Wildman–Crippen MR) is 144 cm³/mol. The Bertz CT molecular complexity index is 1700. The van der Waals surface area contributed by atoms with Gasteiger partial charge in [-0.1, -0.05) is 11.6 Å². The number of nitrogens with one attached hydrogen (secondary N) is 1. The third-order valence-corrected chi connectivity index (χ3v) is 8.17. The van der Waals surface area contributed by atoms with E-state index in [0.29, 0.717) is 40.6 Å². The first-order chi connectivity index (χ1) is 17.4. The number of tetrazole rings is 1. The summed E-state index contributed by atoms with van der Waals surface area (Å²) in [5.74, 6) is -0.323. The Labute approximate surface area is 232 Å². The molecule has 4 aromatic heterocycles. The van der Waals surface area contributed by atoms with Crippen molar-refractivity contribution < 1.29 is 9.90 Å². The Kier molecular flexibility index (Phi) is 6.75. The summed E-state index contributed by atoms with van der Waals surface area (Å²) >= 11 is 11.2. The van der Waals surface area contributed by atoms with Crippen LogP contribution in [-0.2, 0) is 6.42 Å². The number of hydrogen-bond acceptors (Lipinski definition) is 7. The Morgan fingerprint density at radius 3 is 2.81 bits per heavy atom. The van der Waals surface area contributed by atoms with E-state index < -0.39 is 5.97 Å². The van der Waals surface area contributed by atoms with Gasteiger partial charge in [0.1, 0.15) is 17.0 Å². The third kappa shape index (κ3) is 4.39. The van der Waals surface area contributed by atoms with Crippen molar-refractivity contribution in [2.75, 3.05) is 0 Å². The van der Waals surface area contributed by atoms with Crippen molar-refractivity contribution in [3.05, 3.63) is 84.5 Å². The number of benzene rings is 1. The lowest BCUT2D eigenvalue weighted by atomic mass is 10.0. The number of carbonyl (C=O) groups is 1. The van der Waals surface area contributed by atoms with Crippen LogP contribution in [0.5, 0.6) is 0 Å². The van der Waals surface area contributed by atoms with Crippen LogP contribution >= 0.6 is 51.3 Å². The van der Waals surface area contributed by atoms with Crippen LogP contribution in [0, 0.1) is 0 Å². The predicted octanol–water partition coefficient (Wildman–Crippen LogP) is 5.01. The number of fused-ring (bicyclic) bond motifs is 1. The molecule has 1 aliphatic heterocycles. The SMILES string of the molecule is Cl.O=C(O)c1cc(-c2cnc([C@@H]3CCc4c(Br)c(-c5cc(Cl)ccc5-n5cnnn5)cc(=O)n43)[nH]2)cs1. The highest BCUT2D eigenvalue weighted by Gasteiger charge is 2.31. The second-order valence-corrected chi connectivity index (χ2v) is 10.3. The molecule has 14 heteroatoms. The van der Waals surface area contributed by atoms with E-state index in [1.165, 1.54) is 11.0 Å². The van der Waals surface area contributed by atoms with Gasteiger partial charge < -0.3 is 14.7 Å². The maximum atomic E-state index is 13.4.